The second-order valence-corrected chi connectivity index (χ2v) is 7.74. The number of rotatable bonds is 11. The van der Waals surface area contributed by atoms with E-state index in [1.807, 2.05) is 36.4 Å². The molecule has 1 aromatic carbocycles. The summed E-state index contributed by atoms with van der Waals surface area (Å²) in [4.78, 5) is 26.6. The Balaban J connectivity index is 2.65. The molecule has 0 aliphatic rings. The number of benzene rings is 1. The smallest absolute Gasteiger partial charge is 0.408 e. The highest BCUT2D eigenvalue weighted by molar-refractivity contribution is 5.85. The number of carbonyl (C=O) groups excluding carboxylic acids is 2. The van der Waals surface area contributed by atoms with Gasteiger partial charge in [-0.15, -0.1) is 6.58 Å². The molecule has 0 spiro atoms. The van der Waals surface area contributed by atoms with Crippen molar-refractivity contribution < 1.29 is 19.1 Å². The maximum atomic E-state index is 12.8. The van der Waals surface area contributed by atoms with Crippen molar-refractivity contribution in [2.24, 2.45) is 0 Å². The van der Waals surface area contributed by atoms with Crippen molar-refractivity contribution in [3.05, 3.63) is 48.6 Å². The number of unbranched alkanes of at least 4 members (excludes halogenated alkanes) is 2. The molecule has 156 valence electrons. The van der Waals surface area contributed by atoms with Gasteiger partial charge < -0.3 is 19.7 Å². The molecule has 0 aromatic heterocycles. The van der Waals surface area contributed by atoms with Gasteiger partial charge in [-0.05, 0) is 45.6 Å². The molecule has 6 heteroatoms. The molecule has 1 atom stereocenters. The number of carbonyl (C=O) groups is 2. The fourth-order valence-corrected chi connectivity index (χ4v) is 2.51. The summed E-state index contributed by atoms with van der Waals surface area (Å²) in [6.45, 7) is 10.1. The fourth-order valence-electron chi connectivity index (χ4n) is 2.51. The lowest BCUT2D eigenvalue weighted by Crippen LogP contribution is -2.51. The van der Waals surface area contributed by atoms with Gasteiger partial charge in [0.1, 0.15) is 11.6 Å². The number of nitrogens with one attached hydrogen (secondary N) is 1. The molecule has 0 saturated carbocycles. The summed E-state index contributed by atoms with van der Waals surface area (Å²) in [5, 5.41) is 2.65. The molecule has 0 aliphatic heterocycles. The zero-order chi connectivity index (χ0) is 21.0. The average molecular weight is 391 g/mol. The number of allylic oxidation sites excluding steroid dienone is 1. The van der Waals surface area contributed by atoms with E-state index in [2.05, 4.69) is 11.9 Å². The van der Waals surface area contributed by atoms with E-state index >= 15 is 0 Å². The second kappa shape index (κ2) is 12.2. The summed E-state index contributed by atoms with van der Waals surface area (Å²) in [6.07, 6.45) is 4.00. The largest absolute Gasteiger partial charge is 0.444 e. The van der Waals surface area contributed by atoms with Crippen molar-refractivity contribution in [2.75, 3.05) is 20.2 Å². The van der Waals surface area contributed by atoms with Crippen LogP contribution in [0.15, 0.2) is 43.0 Å². The normalized spacial score (nSPS) is 12.1. The molecule has 0 fully saturated rings. The average Bonchev–Trinajstić information content (AvgIpc) is 2.63. The van der Waals surface area contributed by atoms with Crippen LogP contribution in [0.1, 0.15) is 45.6 Å². The number of likely N-dealkylation sites (N-methyl/N-ethyl adjacent to an activating group) is 1. The molecule has 0 bridgehead atoms. The van der Waals surface area contributed by atoms with Gasteiger partial charge in [0.05, 0.1) is 13.2 Å². The van der Waals surface area contributed by atoms with Gasteiger partial charge >= 0.3 is 6.09 Å². The van der Waals surface area contributed by atoms with Crippen molar-refractivity contribution >= 4 is 12.0 Å². The molecule has 2 amide bonds. The minimum atomic E-state index is -0.803. The Morgan fingerprint density at radius 1 is 1.21 bits per heavy atom. The molecule has 1 aromatic rings. The lowest BCUT2D eigenvalue weighted by atomic mass is 10.2. The lowest BCUT2D eigenvalue weighted by molar-refractivity contribution is -0.134. The molecular formula is C22H34N2O4. The number of hydrogen-bond acceptors (Lipinski definition) is 4. The first-order chi connectivity index (χ1) is 13.2. The predicted octanol–water partition coefficient (Wildman–Crippen LogP) is 3.91. The number of alkyl carbamates (subject to hydrolysis) is 1. The predicted molar refractivity (Wildman–Crippen MR) is 111 cm³/mol. The SMILES string of the molecule is C=CCCCCN(C)C(=O)C(COCc1ccccc1)NC(=O)OC(C)(C)C. The van der Waals surface area contributed by atoms with Crippen LogP contribution in [0.25, 0.3) is 0 Å². The first kappa shape index (κ1) is 23.7. The number of nitrogens with zero attached hydrogens (tertiary/aromatic N) is 1. The summed E-state index contributed by atoms with van der Waals surface area (Å²) < 4.78 is 11.0. The van der Waals surface area contributed by atoms with E-state index in [-0.39, 0.29) is 12.5 Å². The summed E-state index contributed by atoms with van der Waals surface area (Å²) in [5.74, 6) is -0.197. The molecule has 0 heterocycles. The third-order valence-electron chi connectivity index (χ3n) is 3.91. The van der Waals surface area contributed by atoms with Crippen LogP contribution in [-0.4, -0.2) is 48.7 Å². The monoisotopic (exact) mass is 390 g/mol. The second-order valence-electron chi connectivity index (χ2n) is 7.74. The van der Waals surface area contributed by atoms with Crippen molar-refractivity contribution in [2.45, 2.75) is 58.3 Å². The van der Waals surface area contributed by atoms with E-state index in [4.69, 9.17) is 9.47 Å². The van der Waals surface area contributed by atoms with Crippen LogP contribution in [0.3, 0.4) is 0 Å². The van der Waals surface area contributed by atoms with Gasteiger partial charge in [0, 0.05) is 13.6 Å². The molecular weight excluding hydrogens is 356 g/mol. The van der Waals surface area contributed by atoms with Crippen molar-refractivity contribution in [3.63, 3.8) is 0 Å². The van der Waals surface area contributed by atoms with Gasteiger partial charge in [-0.2, -0.15) is 0 Å². The van der Waals surface area contributed by atoms with Gasteiger partial charge in [0.15, 0.2) is 0 Å². The molecule has 1 unspecified atom stereocenters. The molecule has 1 rings (SSSR count). The van der Waals surface area contributed by atoms with Gasteiger partial charge in [-0.1, -0.05) is 36.4 Å². The highest BCUT2D eigenvalue weighted by atomic mass is 16.6. The Bertz CT molecular complexity index is 611. The molecule has 0 saturated heterocycles. The van der Waals surface area contributed by atoms with E-state index in [1.165, 1.54) is 0 Å². The zero-order valence-corrected chi connectivity index (χ0v) is 17.6. The summed E-state index contributed by atoms with van der Waals surface area (Å²) >= 11 is 0. The molecule has 6 nitrogen and oxygen atoms in total. The first-order valence-electron chi connectivity index (χ1n) is 9.70. The Morgan fingerprint density at radius 2 is 1.89 bits per heavy atom. The van der Waals surface area contributed by atoms with Crippen molar-refractivity contribution in [1.29, 1.82) is 0 Å². The number of amides is 2. The van der Waals surface area contributed by atoms with Gasteiger partial charge in [0.2, 0.25) is 5.91 Å². The van der Waals surface area contributed by atoms with Gasteiger partial charge in [-0.3, -0.25) is 4.79 Å². The topological polar surface area (TPSA) is 67.9 Å². The van der Waals surface area contributed by atoms with E-state index in [1.54, 1.807) is 32.7 Å². The van der Waals surface area contributed by atoms with E-state index in [9.17, 15) is 9.59 Å². The third-order valence-corrected chi connectivity index (χ3v) is 3.91. The standard InChI is InChI=1S/C22H34N2O4/c1-6-7-8-12-15-24(5)20(25)19(23-21(26)28-22(2,3)4)17-27-16-18-13-10-9-11-14-18/h6,9-11,13-14,19H,1,7-8,12,15-17H2,2-5H3,(H,23,26). The minimum Gasteiger partial charge on any atom is -0.444 e. The maximum Gasteiger partial charge on any atom is 0.408 e. The molecule has 0 radical (unpaired) electrons. The van der Waals surface area contributed by atoms with Crippen LogP contribution < -0.4 is 5.32 Å². The quantitative estimate of drug-likeness (QED) is 0.459. The zero-order valence-electron chi connectivity index (χ0n) is 17.6. The van der Waals surface area contributed by atoms with Crippen LogP contribution >= 0.6 is 0 Å². The minimum absolute atomic E-state index is 0.0734. The lowest BCUT2D eigenvalue weighted by Gasteiger charge is -2.26. The highest BCUT2D eigenvalue weighted by Gasteiger charge is 2.26. The summed E-state index contributed by atoms with van der Waals surface area (Å²) in [7, 11) is 1.73. The summed E-state index contributed by atoms with van der Waals surface area (Å²) in [6, 6.07) is 8.88. The van der Waals surface area contributed by atoms with Gasteiger partial charge in [0.25, 0.3) is 0 Å². The molecule has 28 heavy (non-hydrogen) atoms. The maximum absolute atomic E-state index is 12.8. The summed E-state index contributed by atoms with van der Waals surface area (Å²) in [5.41, 5.74) is 0.364. The van der Waals surface area contributed by atoms with Crippen molar-refractivity contribution in [3.8, 4) is 0 Å². The van der Waals surface area contributed by atoms with E-state index < -0.39 is 17.7 Å². The van der Waals surface area contributed by atoms with Crippen LogP contribution in [0.4, 0.5) is 4.79 Å². The van der Waals surface area contributed by atoms with Gasteiger partial charge in [-0.25, -0.2) is 4.79 Å². The van der Waals surface area contributed by atoms with E-state index in [0.29, 0.717) is 13.2 Å². The number of hydrogen-bond donors (Lipinski definition) is 1. The van der Waals surface area contributed by atoms with Crippen molar-refractivity contribution in [1.82, 2.24) is 10.2 Å². The van der Waals surface area contributed by atoms with Crippen LogP contribution in [-0.2, 0) is 20.9 Å². The van der Waals surface area contributed by atoms with Crippen LogP contribution in [0, 0.1) is 0 Å². The van der Waals surface area contributed by atoms with Crippen LogP contribution in [0.5, 0.6) is 0 Å². The Labute approximate surface area is 168 Å². The third kappa shape index (κ3) is 10.1. The Kier molecular flexibility index (Phi) is 10.3. The molecule has 0 aliphatic carbocycles. The Morgan fingerprint density at radius 3 is 2.50 bits per heavy atom. The number of ether oxygens (including phenoxy) is 2. The highest BCUT2D eigenvalue weighted by Crippen LogP contribution is 2.08. The molecule has 1 N–H and O–H groups in total. The fraction of sp³-hybridized carbons (Fsp3) is 0.545. The first-order valence-corrected chi connectivity index (χ1v) is 9.70. The van der Waals surface area contributed by atoms with E-state index in [0.717, 1.165) is 24.8 Å². The Hall–Kier alpha value is -2.34. The van der Waals surface area contributed by atoms with Crippen LogP contribution in [0.2, 0.25) is 0 Å².